The van der Waals surface area contributed by atoms with Gasteiger partial charge in [-0.3, -0.25) is 9.78 Å². The Balaban J connectivity index is 1.59. The minimum atomic E-state index is -0.0431. The summed E-state index contributed by atoms with van der Waals surface area (Å²) in [7, 11) is 4.84. The van der Waals surface area contributed by atoms with E-state index < -0.39 is 0 Å². The first-order valence-electron chi connectivity index (χ1n) is 11.2. The molecule has 3 aromatic rings. The highest BCUT2D eigenvalue weighted by Gasteiger charge is 2.28. The Morgan fingerprint density at radius 1 is 0.909 bits per heavy atom. The summed E-state index contributed by atoms with van der Waals surface area (Å²) in [5.41, 5.74) is 4.76. The summed E-state index contributed by atoms with van der Waals surface area (Å²) in [6.45, 7) is 3.36. The van der Waals surface area contributed by atoms with Gasteiger partial charge in [0.15, 0.2) is 0 Å². The number of hydrogen-bond acceptors (Lipinski definition) is 5. The van der Waals surface area contributed by atoms with Crippen molar-refractivity contribution in [2.24, 2.45) is 0 Å². The number of aromatic nitrogens is 1. The molecule has 2 heterocycles. The molecule has 1 unspecified atom stereocenters. The number of carbonyl (C=O) groups is 1. The standard InChI is InChI=1S/C27H30N2O4/c1-18-14-21(19-7-9-22(31-2)10-8-19)15-25(28-18)20-6-5-13-29(17-20)27(30)24-16-23(32-3)11-12-26(24)33-4/h7-12,14-16,20H,5-6,13,17H2,1-4H3. The average Bonchev–Trinajstić information content (AvgIpc) is 2.87. The molecule has 2 aromatic carbocycles. The fourth-order valence-electron chi connectivity index (χ4n) is 4.41. The second-order valence-electron chi connectivity index (χ2n) is 8.31. The van der Waals surface area contributed by atoms with Crippen LogP contribution in [0.2, 0.25) is 0 Å². The summed E-state index contributed by atoms with van der Waals surface area (Å²) in [6.07, 6.45) is 1.92. The molecule has 0 aliphatic carbocycles. The molecule has 4 rings (SSSR count). The summed E-state index contributed by atoms with van der Waals surface area (Å²) < 4.78 is 16.0. The Morgan fingerprint density at radius 3 is 2.33 bits per heavy atom. The van der Waals surface area contributed by atoms with Crippen LogP contribution in [0.5, 0.6) is 17.2 Å². The van der Waals surface area contributed by atoms with E-state index in [4.69, 9.17) is 19.2 Å². The third-order valence-electron chi connectivity index (χ3n) is 6.16. The molecule has 1 amide bonds. The van der Waals surface area contributed by atoms with Gasteiger partial charge in [-0.25, -0.2) is 0 Å². The van der Waals surface area contributed by atoms with E-state index in [1.165, 1.54) is 0 Å². The van der Waals surface area contributed by atoms with Gasteiger partial charge in [0.05, 0.1) is 26.9 Å². The third kappa shape index (κ3) is 4.95. The van der Waals surface area contributed by atoms with Crippen LogP contribution >= 0.6 is 0 Å². The van der Waals surface area contributed by atoms with Crippen LogP contribution < -0.4 is 14.2 Å². The fourth-order valence-corrected chi connectivity index (χ4v) is 4.41. The van der Waals surface area contributed by atoms with Crippen LogP contribution in [0.4, 0.5) is 0 Å². The molecular weight excluding hydrogens is 416 g/mol. The number of benzene rings is 2. The van der Waals surface area contributed by atoms with E-state index in [0.29, 0.717) is 30.2 Å². The lowest BCUT2D eigenvalue weighted by Crippen LogP contribution is -2.39. The number of carbonyl (C=O) groups excluding carboxylic acids is 1. The van der Waals surface area contributed by atoms with Crippen molar-refractivity contribution in [2.45, 2.75) is 25.7 Å². The number of hydrogen-bond donors (Lipinski definition) is 0. The molecule has 1 fully saturated rings. The number of piperidine rings is 1. The number of amides is 1. The molecule has 0 spiro atoms. The van der Waals surface area contributed by atoms with Gasteiger partial charge in [-0.2, -0.15) is 0 Å². The lowest BCUT2D eigenvalue weighted by molar-refractivity contribution is 0.0702. The molecule has 0 saturated carbocycles. The minimum Gasteiger partial charge on any atom is -0.497 e. The maximum Gasteiger partial charge on any atom is 0.257 e. The molecule has 6 nitrogen and oxygen atoms in total. The van der Waals surface area contributed by atoms with E-state index in [-0.39, 0.29) is 11.8 Å². The van der Waals surface area contributed by atoms with Crippen molar-refractivity contribution in [1.29, 1.82) is 0 Å². The van der Waals surface area contributed by atoms with Crippen LogP contribution in [0, 0.1) is 6.92 Å². The van der Waals surface area contributed by atoms with Gasteiger partial charge in [-0.15, -0.1) is 0 Å². The third-order valence-corrected chi connectivity index (χ3v) is 6.16. The zero-order valence-electron chi connectivity index (χ0n) is 19.6. The molecule has 6 heteroatoms. The van der Waals surface area contributed by atoms with Crippen molar-refractivity contribution in [3.05, 3.63) is 71.5 Å². The molecule has 0 radical (unpaired) electrons. The van der Waals surface area contributed by atoms with Crippen molar-refractivity contribution >= 4 is 5.91 Å². The lowest BCUT2D eigenvalue weighted by Gasteiger charge is -2.33. The van der Waals surface area contributed by atoms with Gasteiger partial charge >= 0.3 is 0 Å². The van der Waals surface area contributed by atoms with Crippen molar-refractivity contribution in [2.75, 3.05) is 34.4 Å². The Labute approximate surface area is 195 Å². The number of rotatable bonds is 6. The van der Waals surface area contributed by atoms with Crippen LogP contribution in [0.1, 0.15) is 40.5 Å². The highest BCUT2D eigenvalue weighted by atomic mass is 16.5. The average molecular weight is 447 g/mol. The first kappa shape index (κ1) is 22.6. The summed E-state index contributed by atoms with van der Waals surface area (Å²) in [5.74, 6) is 2.16. The number of likely N-dealkylation sites (tertiary alicyclic amines) is 1. The van der Waals surface area contributed by atoms with Crippen LogP contribution in [-0.4, -0.2) is 50.2 Å². The second-order valence-corrected chi connectivity index (χ2v) is 8.31. The van der Waals surface area contributed by atoms with Gasteiger partial charge in [0.25, 0.3) is 5.91 Å². The predicted molar refractivity (Wildman–Crippen MR) is 128 cm³/mol. The highest BCUT2D eigenvalue weighted by Crippen LogP contribution is 2.32. The van der Waals surface area contributed by atoms with Crippen molar-refractivity contribution in [3.8, 4) is 28.4 Å². The SMILES string of the molecule is COc1ccc(-c2cc(C)nc(C3CCCN(C(=O)c4cc(OC)ccc4OC)C3)c2)cc1. The normalized spacial score (nSPS) is 15.8. The molecular formula is C27H30N2O4. The number of aryl methyl sites for hydroxylation is 1. The lowest BCUT2D eigenvalue weighted by atomic mass is 9.91. The minimum absolute atomic E-state index is 0.0431. The number of nitrogens with zero attached hydrogens (tertiary/aromatic N) is 2. The largest absolute Gasteiger partial charge is 0.497 e. The van der Waals surface area contributed by atoms with Crippen LogP contribution in [0.15, 0.2) is 54.6 Å². The Hall–Kier alpha value is -3.54. The number of methoxy groups -OCH3 is 3. The van der Waals surface area contributed by atoms with Gasteiger partial charge in [-0.1, -0.05) is 12.1 Å². The zero-order valence-corrected chi connectivity index (χ0v) is 19.6. The molecule has 1 saturated heterocycles. The monoisotopic (exact) mass is 446 g/mol. The summed E-state index contributed by atoms with van der Waals surface area (Å²) in [6, 6.07) is 17.6. The first-order chi connectivity index (χ1) is 16.0. The zero-order chi connectivity index (χ0) is 23.4. The van der Waals surface area contributed by atoms with Gasteiger partial charge in [-0.05, 0) is 73.4 Å². The Kier molecular flexibility index (Phi) is 6.82. The maximum atomic E-state index is 13.4. The summed E-state index contributed by atoms with van der Waals surface area (Å²) in [4.78, 5) is 20.1. The van der Waals surface area contributed by atoms with Crippen LogP contribution in [0.25, 0.3) is 11.1 Å². The fraction of sp³-hybridized carbons (Fsp3) is 0.333. The van der Waals surface area contributed by atoms with Gasteiger partial charge in [0.2, 0.25) is 0 Å². The van der Waals surface area contributed by atoms with E-state index >= 15 is 0 Å². The Morgan fingerprint density at radius 2 is 1.64 bits per heavy atom. The van der Waals surface area contributed by atoms with Crippen molar-refractivity contribution in [1.82, 2.24) is 9.88 Å². The van der Waals surface area contributed by atoms with Gasteiger partial charge in [0.1, 0.15) is 17.2 Å². The molecule has 1 atom stereocenters. The Bertz CT molecular complexity index is 1130. The maximum absolute atomic E-state index is 13.4. The van der Waals surface area contributed by atoms with Crippen LogP contribution in [0.3, 0.4) is 0 Å². The molecule has 0 bridgehead atoms. The van der Waals surface area contributed by atoms with Crippen LogP contribution in [-0.2, 0) is 0 Å². The predicted octanol–water partition coefficient (Wildman–Crippen LogP) is 5.10. The van der Waals surface area contributed by atoms with E-state index in [1.807, 2.05) is 24.0 Å². The molecule has 172 valence electrons. The quantitative estimate of drug-likeness (QED) is 0.527. The molecule has 33 heavy (non-hydrogen) atoms. The van der Waals surface area contributed by atoms with E-state index in [9.17, 15) is 4.79 Å². The number of ether oxygens (including phenoxy) is 3. The summed E-state index contributed by atoms with van der Waals surface area (Å²) >= 11 is 0. The van der Waals surface area contributed by atoms with E-state index in [0.717, 1.165) is 41.1 Å². The van der Waals surface area contributed by atoms with E-state index in [2.05, 4.69) is 24.3 Å². The smallest absolute Gasteiger partial charge is 0.257 e. The van der Waals surface area contributed by atoms with Gasteiger partial charge < -0.3 is 19.1 Å². The van der Waals surface area contributed by atoms with Crippen molar-refractivity contribution < 1.29 is 19.0 Å². The van der Waals surface area contributed by atoms with Gasteiger partial charge in [0, 0.05) is 30.4 Å². The van der Waals surface area contributed by atoms with E-state index in [1.54, 1.807) is 39.5 Å². The second kappa shape index (κ2) is 9.94. The molecule has 0 N–H and O–H groups in total. The topological polar surface area (TPSA) is 60.9 Å². The highest BCUT2D eigenvalue weighted by molar-refractivity contribution is 5.97. The van der Waals surface area contributed by atoms with Crippen molar-refractivity contribution in [3.63, 3.8) is 0 Å². The summed E-state index contributed by atoms with van der Waals surface area (Å²) in [5, 5.41) is 0. The molecule has 1 aliphatic heterocycles. The molecule has 1 aliphatic rings. The molecule has 1 aromatic heterocycles. The number of pyridine rings is 1. The first-order valence-corrected chi connectivity index (χ1v) is 11.2.